The average molecular weight is 273 g/mol. The number of rotatable bonds is 1. The first-order valence-electron chi connectivity index (χ1n) is 2.26. The van der Waals surface area contributed by atoms with Crippen molar-refractivity contribution < 1.29 is 0 Å². The Balaban J connectivity index is 0.000000640. The topological polar surface area (TPSA) is 26.0 Å². The molecule has 0 aliphatic rings. The molecule has 0 saturated carbocycles. The summed E-state index contributed by atoms with van der Waals surface area (Å²) in [5, 5.41) is 2.03. The zero-order valence-electron chi connectivity index (χ0n) is 4.63. The molecule has 0 radical (unpaired) electrons. The Morgan fingerprint density at radius 1 is 1.67 bits per heavy atom. The Labute approximate surface area is 77.2 Å². The largest absolute Gasteiger partial charge is 0.326 e. The second-order valence-electron chi connectivity index (χ2n) is 1.44. The molecule has 0 aromatic carbocycles. The highest BCUT2D eigenvalue weighted by atomic mass is 79.9. The van der Waals surface area contributed by atoms with Crippen molar-refractivity contribution in [3.05, 3.63) is 20.8 Å². The Kier molecular flexibility index (Phi) is 4.74. The number of hydrogen-bond donors (Lipinski definition) is 1. The van der Waals surface area contributed by atoms with Gasteiger partial charge in [-0.2, -0.15) is 0 Å². The molecule has 1 nitrogen and oxygen atoms in total. The van der Waals surface area contributed by atoms with Crippen LogP contribution in [0.25, 0.3) is 0 Å². The zero-order chi connectivity index (χ0) is 5.98. The van der Waals surface area contributed by atoms with E-state index in [2.05, 4.69) is 15.9 Å². The van der Waals surface area contributed by atoms with Gasteiger partial charge in [-0.25, -0.2) is 0 Å². The second-order valence-corrected chi connectivity index (χ2v) is 3.35. The van der Waals surface area contributed by atoms with Crippen molar-refractivity contribution in [1.82, 2.24) is 0 Å². The van der Waals surface area contributed by atoms with Crippen molar-refractivity contribution in [3.63, 3.8) is 0 Å². The standard InChI is InChI=1S/C5H6BrNS.BrH/c6-4-1-5(2-7)8-3-4;/h1,3H,2,7H2;1H. The summed E-state index contributed by atoms with van der Waals surface area (Å²) in [6.45, 7) is 0.649. The van der Waals surface area contributed by atoms with E-state index in [-0.39, 0.29) is 17.0 Å². The first-order chi connectivity index (χ1) is 3.83. The van der Waals surface area contributed by atoms with Gasteiger partial charge in [0.2, 0.25) is 0 Å². The maximum atomic E-state index is 5.35. The van der Waals surface area contributed by atoms with Gasteiger partial charge in [-0.3, -0.25) is 0 Å². The minimum absolute atomic E-state index is 0. The SMILES string of the molecule is Br.NCc1cc(Br)cs1. The van der Waals surface area contributed by atoms with E-state index in [1.54, 1.807) is 11.3 Å². The molecule has 0 atom stereocenters. The van der Waals surface area contributed by atoms with E-state index in [1.807, 2.05) is 11.4 Å². The Hall–Kier alpha value is 0.620. The third-order valence-electron chi connectivity index (χ3n) is 0.823. The summed E-state index contributed by atoms with van der Waals surface area (Å²) in [5.41, 5.74) is 5.35. The molecule has 1 aromatic rings. The number of halogens is 2. The molecule has 0 amide bonds. The van der Waals surface area contributed by atoms with E-state index in [1.165, 1.54) is 4.88 Å². The fourth-order valence-electron chi connectivity index (χ4n) is 0.461. The molecule has 0 spiro atoms. The van der Waals surface area contributed by atoms with Crippen LogP contribution in [0.4, 0.5) is 0 Å². The van der Waals surface area contributed by atoms with Crippen LogP contribution in [0.15, 0.2) is 15.9 Å². The molecule has 1 rings (SSSR count). The normalized spacial score (nSPS) is 8.67. The van der Waals surface area contributed by atoms with Gasteiger partial charge in [-0.05, 0) is 22.0 Å². The molecule has 52 valence electrons. The van der Waals surface area contributed by atoms with Gasteiger partial charge in [0.25, 0.3) is 0 Å². The van der Waals surface area contributed by atoms with Crippen molar-refractivity contribution in [3.8, 4) is 0 Å². The van der Waals surface area contributed by atoms with Crippen LogP contribution in [0.5, 0.6) is 0 Å². The molecule has 4 heteroatoms. The van der Waals surface area contributed by atoms with E-state index in [4.69, 9.17) is 5.73 Å². The lowest BCUT2D eigenvalue weighted by molar-refractivity contribution is 1.11. The predicted molar refractivity (Wildman–Crippen MR) is 50.2 cm³/mol. The van der Waals surface area contributed by atoms with Crippen LogP contribution in [0.2, 0.25) is 0 Å². The van der Waals surface area contributed by atoms with Crippen LogP contribution in [0, 0.1) is 0 Å². The second kappa shape index (κ2) is 4.44. The van der Waals surface area contributed by atoms with Gasteiger partial charge in [0.1, 0.15) is 0 Å². The maximum Gasteiger partial charge on any atom is 0.0285 e. The zero-order valence-corrected chi connectivity index (χ0v) is 8.75. The fourth-order valence-corrected chi connectivity index (χ4v) is 1.79. The van der Waals surface area contributed by atoms with Gasteiger partial charge in [-0.1, -0.05) is 0 Å². The van der Waals surface area contributed by atoms with Crippen LogP contribution >= 0.6 is 44.2 Å². The minimum Gasteiger partial charge on any atom is -0.326 e. The molecule has 0 saturated heterocycles. The third kappa shape index (κ3) is 2.80. The smallest absolute Gasteiger partial charge is 0.0285 e. The fraction of sp³-hybridized carbons (Fsp3) is 0.200. The minimum atomic E-state index is 0. The summed E-state index contributed by atoms with van der Waals surface area (Å²) >= 11 is 5.01. The van der Waals surface area contributed by atoms with Crippen molar-refractivity contribution in [2.24, 2.45) is 5.73 Å². The Morgan fingerprint density at radius 3 is 2.56 bits per heavy atom. The van der Waals surface area contributed by atoms with E-state index in [0.29, 0.717) is 6.54 Å². The summed E-state index contributed by atoms with van der Waals surface area (Å²) < 4.78 is 1.13. The van der Waals surface area contributed by atoms with Gasteiger partial charge >= 0.3 is 0 Å². The lowest BCUT2D eigenvalue weighted by atomic mass is 10.5. The molecule has 0 aliphatic carbocycles. The summed E-state index contributed by atoms with van der Waals surface area (Å²) in [4.78, 5) is 1.22. The first kappa shape index (κ1) is 9.62. The van der Waals surface area contributed by atoms with Gasteiger partial charge in [0, 0.05) is 21.3 Å². The molecule has 0 fully saturated rings. The summed E-state index contributed by atoms with van der Waals surface area (Å²) in [7, 11) is 0. The maximum absolute atomic E-state index is 5.35. The van der Waals surface area contributed by atoms with E-state index in [0.717, 1.165) is 4.47 Å². The van der Waals surface area contributed by atoms with Crippen molar-refractivity contribution in [2.75, 3.05) is 0 Å². The van der Waals surface area contributed by atoms with Crippen LogP contribution in [-0.4, -0.2) is 0 Å². The average Bonchev–Trinajstić information content (AvgIpc) is 2.14. The highest BCUT2D eigenvalue weighted by molar-refractivity contribution is 9.10. The monoisotopic (exact) mass is 271 g/mol. The van der Waals surface area contributed by atoms with E-state index in [9.17, 15) is 0 Å². The molecule has 1 aromatic heterocycles. The third-order valence-corrected chi connectivity index (χ3v) is 2.54. The molecule has 9 heavy (non-hydrogen) atoms. The summed E-state index contributed by atoms with van der Waals surface area (Å²) in [5.74, 6) is 0. The van der Waals surface area contributed by atoms with Gasteiger partial charge in [0.15, 0.2) is 0 Å². The predicted octanol–water partition coefficient (Wildman–Crippen LogP) is 2.55. The molecule has 0 bridgehead atoms. The first-order valence-corrected chi connectivity index (χ1v) is 3.93. The number of thiophene rings is 1. The molecular weight excluding hydrogens is 266 g/mol. The molecule has 1 heterocycles. The van der Waals surface area contributed by atoms with E-state index < -0.39 is 0 Å². The lowest BCUT2D eigenvalue weighted by Gasteiger charge is -1.80. The van der Waals surface area contributed by atoms with Crippen molar-refractivity contribution in [1.29, 1.82) is 0 Å². The van der Waals surface area contributed by atoms with Gasteiger partial charge in [0.05, 0.1) is 0 Å². The van der Waals surface area contributed by atoms with E-state index >= 15 is 0 Å². The Morgan fingerprint density at radius 2 is 2.33 bits per heavy atom. The molecule has 2 N–H and O–H groups in total. The number of nitrogens with two attached hydrogens (primary N) is 1. The molecular formula is C5H7Br2NS. The molecule has 0 aliphatic heterocycles. The highest BCUT2D eigenvalue weighted by Crippen LogP contribution is 2.18. The lowest BCUT2D eigenvalue weighted by Crippen LogP contribution is -1.91. The van der Waals surface area contributed by atoms with Crippen LogP contribution in [0.1, 0.15) is 4.88 Å². The van der Waals surface area contributed by atoms with Gasteiger partial charge < -0.3 is 5.73 Å². The summed E-state index contributed by atoms with van der Waals surface area (Å²) in [6, 6.07) is 2.03. The summed E-state index contributed by atoms with van der Waals surface area (Å²) in [6.07, 6.45) is 0. The molecule has 0 unspecified atom stereocenters. The van der Waals surface area contributed by atoms with Crippen LogP contribution in [0.3, 0.4) is 0 Å². The van der Waals surface area contributed by atoms with Crippen LogP contribution in [-0.2, 0) is 6.54 Å². The van der Waals surface area contributed by atoms with Crippen molar-refractivity contribution >= 4 is 44.2 Å². The number of hydrogen-bond acceptors (Lipinski definition) is 2. The van der Waals surface area contributed by atoms with Gasteiger partial charge in [-0.15, -0.1) is 28.3 Å². The van der Waals surface area contributed by atoms with Crippen molar-refractivity contribution in [2.45, 2.75) is 6.54 Å². The quantitative estimate of drug-likeness (QED) is 0.836. The van der Waals surface area contributed by atoms with Crippen LogP contribution < -0.4 is 5.73 Å². The Bertz CT molecular complexity index is 175. The highest BCUT2D eigenvalue weighted by Gasteiger charge is 1.91.